The molecule has 9 nitrogen and oxygen atoms in total. The second kappa shape index (κ2) is 11.5. The average molecular weight is 499 g/mol. The molecule has 4 rings (SSSR count). The van der Waals surface area contributed by atoms with Crippen molar-refractivity contribution < 1.29 is 4.79 Å². The van der Waals surface area contributed by atoms with E-state index in [2.05, 4.69) is 34.2 Å². The van der Waals surface area contributed by atoms with Gasteiger partial charge in [-0.2, -0.15) is 20.7 Å². The minimum atomic E-state index is 0.132. The summed E-state index contributed by atoms with van der Waals surface area (Å²) in [5.74, 6) is 0.132. The number of pyridine rings is 1. The largest absolute Gasteiger partial charge is 0.340 e. The van der Waals surface area contributed by atoms with E-state index in [9.17, 15) is 15.3 Å². The first-order valence-electron chi connectivity index (χ1n) is 11.6. The molecule has 1 N–H and O–H groups in total. The number of rotatable bonds is 8. The number of hydrogen-bond donors (Lipinski definition) is 1. The maximum absolute atomic E-state index is 12.5. The van der Waals surface area contributed by atoms with Gasteiger partial charge in [-0.05, 0) is 19.1 Å². The number of hydrogen-bond acceptors (Lipinski definition) is 7. The van der Waals surface area contributed by atoms with Crippen molar-refractivity contribution in [1.29, 1.82) is 10.5 Å². The van der Waals surface area contributed by atoms with Crippen LogP contribution in [0.1, 0.15) is 18.9 Å². The molecule has 1 aliphatic rings. The highest BCUT2D eigenvalue weighted by Crippen LogP contribution is 2.37. The molecule has 0 atom stereocenters. The van der Waals surface area contributed by atoms with Gasteiger partial charge in [-0.3, -0.25) is 9.48 Å². The van der Waals surface area contributed by atoms with Crippen LogP contribution in [0.3, 0.4) is 0 Å². The number of thioether (sulfide) groups is 1. The lowest BCUT2D eigenvalue weighted by molar-refractivity contribution is -0.132. The SMILES string of the molecule is C=C/C=C(Sc1cc(-c2cnn(CCC(=O)N3CCNCC3)c2)cn2ncc(C#N)c12)\C(C#N)=C/C. The Hall–Kier alpha value is -4.12. The van der Waals surface area contributed by atoms with E-state index in [4.69, 9.17) is 0 Å². The molecule has 10 heteroatoms. The average Bonchev–Trinajstić information content (AvgIpc) is 3.56. The molecule has 1 saturated heterocycles. The zero-order valence-corrected chi connectivity index (χ0v) is 20.8. The van der Waals surface area contributed by atoms with E-state index in [1.165, 1.54) is 18.0 Å². The summed E-state index contributed by atoms with van der Waals surface area (Å²) in [4.78, 5) is 15.9. The van der Waals surface area contributed by atoms with Gasteiger partial charge in [-0.1, -0.05) is 30.5 Å². The fraction of sp³-hybridized carbons (Fsp3) is 0.269. The Labute approximate surface area is 214 Å². The summed E-state index contributed by atoms with van der Waals surface area (Å²) in [7, 11) is 0. The molecule has 3 aromatic rings. The summed E-state index contributed by atoms with van der Waals surface area (Å²) in [6, 6.07) is 6.38. The molecular weight excluding hydrogens is 472 g/mol. The van der Waals surface area contributed by atoms with Gasteiger partial charge in [0, 0.05) is 72.5 Å². The zero-order chi connectivity index (χ0) is 25.5. The van der Waals surface area contributed by atoms with Crippen LogP contribution in [0.15, 0.2) is 71.0 Å². The summed E-state index contributed by atoms with van der Waals surface area (Å²) in [6.07, 6.45) is 12.6. The molecule has 0 unspecified atom stereocenters. The van der Waals surface area contributed by atoms with E-state index in [1.54, 1.807) is 33.6 Å². The van der Waals surface area contributed by atoms with Gasteiger partial charge in [-0.25, -0.2) is 4.52 Å². The summed E-state index contributed by atoms with van der Waals surface area (Å²) in [5.41, 5.74) is 3.35. The topological polar surface area (TPSA) is 115 Å². The van der Waals surface area contributed by atoms with Crippen molar-refractivity contribution in [2.75, 3.05) is 26.2 Å². The number of piperazine rings is 1. The van der Waals surface area contributed by atoms with Crippen LogP contribution in [0.4, 0.5) is 0 Å². The molecule has 0 radical (unpaired) electrons. The third-order valence-electron chi connectivity index (χ3n) is 5.85. The maximum Gasteiger partial charge on any atom is 0.224 e. The Balaban J connectivity index is 1.62. The van der Waals surface area contributed by atoms with Gasteiger partial charge in [0.1, 0.15) is 6.07 Å². The van der Waals surface area contributed by atoms with Gasteiger partial charge < -0.3 is 10.2 Å². The molecule has 0 aliphatic carbocycles. The molecule has 36 heavy (non-hydrogen) atoms. The number of aromatic nitrogens is 4. The smallest absolute Gasteiger partial charge is 0.224 e. The Morgan fingerprint density at radius 2 is 2.03 bits per heavy atom. The summed E-state index contributed by atoms with van der Waals surface area (Å²) >= 11 is 1.38. The van der Waals surface area contributed by atoms with Crippen molar-refractivity contribution in [2.24, 2.45) is 0 Å². The van der Waals surface area contributed by atoms with Crippen molar-refractivity contribution in [1.82, 2.24) is 29.6 Å². The fourth-order valence-electron chi connectivity index (χ4n) is 3.99. The third kappa shape index (κ3) is 5.41. The Morgan fingerprint density at radius 3 is 2.72 bits per heavy atom. The molecule has 0 spiro atoms. The van der Waals surface area contributed by atoms with Crippen LogP contribution in [0.2, 0.25) is 0 Å². The monoisotopic (exact) mass is 498 g/mol. The summed E-state index contributed by atoms with van der Waals surface area (Å²) in [6.45, 7) is 9.20. The van der Waals surface area contributed by atoms with Crippen LogP contribution in [-0.4, -0.2) is 56.4 Å². The predicted molar refractivity (Wildman–Crippen MR) is 139 cm³/mol. The summed E-state index contributed by atoms with van der Waals surface area (Å²) < 4.78 is 3.45. The standard InChI is InChI=1S/C26H26N8OS/c1-3-5-23(19(4-2)13-27)36-24-12-20(18-34-26(24)21(14-28)15-31-34)22-16-30-33(17-22)9-6-25(35)32-10-7-29-8-11-32/h3-5,12,15-18,29H,1,6-11H2,2H3/b19-4-,23-5+. The number of nitriles is 2. The Morgan fingerprint density at radius 1 is 1.22 bits per heavy atom. The number of aryl methyl sites for hydroxylation is 1. The lowest BCUT2D eigenvalue weighted by Crippen LogP contribution is -2.46. The molecule has 182 valence electrons. The van der Waals surface area contributed by atoms with Crippen molar-refractivity contribution in [3.63, 3.8) is 0 Å². The first kappa shape index (κ1) is 25.0. The Kier molecular flexibility index (Phi) is 8.01. The van der Waals surface area contributed by atoms with Crippen molar-refractivity contribution in [3.05, 3.63) is 71.7 Å². The first-order valence-corrected chi connectivity index (χ1v) is 12.4. The number of fused-ring (bicyclic) bond motifs is 1. The van der Waals surface area contributed by atoms with Gasteiger partial charge in [0.25, 0.3) is 0 Å². The van der Waals surface area contributed by atoms with Gasteiger partial charge in [0.2, 0.25) is 5.91 Å². The second-order valence-electron chi connectivity index (χ2n) is 8.11. The van der Waals surface area contributed by atoms with Crippen molar-refractivity contribution >= 4 is 23.2 Å². The van der Waals surface area contributed by atoms with E-state index in [0.717, 1.165) is 47.1 Å². The molecule has 3 aromatic heterocycles. The van der Waals surface area contributed by atoms with Crippen LogP contribution < -0.4 is 5.32 Å². The molecule has 0 bridgehead atoms. The predicted octanol–water partition coefficient (Wildman–Crippen LogP) is 3.52. The number of amides is 1. The maximum atomic E-state index is 12.5. The highest BCUT2D eigenvalue weighted by Gasteiger charge is 2.18. The number of carbonyl (C=O) groups is 1. The van der Waals surface area contributed by atoms with Crippen molar-refractivity contribution in [3.8, 4) is 23.3 Å². The molecule has 1 aliphatic heterocycles. The molecule has 0 saturated carbocycles. The lowest BCUT2D eigenvalue weighted by atomic mass is 10.1. The number of allylic oxidation sites excluding steroid dienone is 4. The van der Waals surface area contributed by atoms with E-state index < -0.39 is 0 Å². The molecular formula is C26H26N8OS. The highest BCUT2D eigenvalue weighted by molar-refractivity contribution is 8.03. The van der Waals surface area contributed by atoms with Crippen molar-refractivity contribution in [2.45, 2.75) is 24.8 Å². The quantitative estimate of drug-likeness (QED) is 0.287. The fourth-order valence-corrected chi connectivity index (χ4v) is 5.15. The highest BCUT2D eigenvalue weighted by atomic mass is 32.2. The normalized spacial score (nSPS) is 14.5. The van der Waals surface area contributed by atoms with Gasteiger partial charge in [0.15, 0.2) is 0 Å². The van der Waals surface area contributed by atoms with Gasteiger partial charge >= 0.3 is 0 Å². The van der Waals surface area contributed by atoms with Crippen LogP contribution in [-0.2, 0) is 11.3 Å². The van der Waals surface area contributed by atoms with E-state index in [1.807, 2.05) is 30.3 Å². The minimum Gasteiger partial charge on any atom is -0.340 e. The zero-order valence-electron chi connectivity index (χ0n) is 20.0. The lowest BCUT2D eigenvalue weighted by Gasteiger charge is -2.27. The Bertz CT molecular complexity index is 1430. The summed E-state index contributed by atoms with van der Waals surface area (Å²) in [5, 5.41) is 31.3. The molecule has 1 amide bonds. The van der Waals surface area contributed by atoms with Gasteiger partial charge in [-0.15, -0.1) is 0 Å². The van der Waals surface area contributed by atoms with Crippen LogP contribution in [0.25, 0.3) is 16.6 Å². The minimum absolute atomic E-state index is 0.132. The van der Waals surface area contributed by atoms with E-state index in [0.29, 0.717) is 29.6 Å². The molecule has 0 aromatic carbocycles. The first-order chi connectivity index (χ1) is 17.6. The van der Waals surface area contributed by atoms with Crippen LogP contribution in [0, 0.1) is 22.7 Å². The van der Waals surface area contributed by atoms with E-state index >= 15 is 0 Å². The van der Waals surface area contributed by atoms with Gasteiger partial charge in [0.05, 0.1) is 35.1 Å². The van der Waals surface area contributed by atoms with Crippen LogP contribution >= 0.6 is 11.8 Å². The second-order valence-corrected chi connectivity index (χ2v) is 9.20. The molecule has 4 heterocycles. The van der Waals surface area contributed by atoms with Crippen LogP contribution in [0.5, 0.6) is 0 Å². The number of nitrogens with one attached hydrogen (secondary N) is 1. The number of nitrogens with zero attached hydrogens (tertiary/aromatic N) is 7. The third-order valence-corrected chi connectivity index (χ3v) is 6.96. The number of carbonyl (C=O) groups excluding carboxylic acids is 1. The van der Waals surface area contributed by atoms with E-state index in [-0.39, 0.29) is 5.91 Å². The molecule has 1 fully saturated rings.